The second-order valence-corrected chi connectivity index (χ2v) is 6.24. The number of benzene rings is 1. The van der Waals surface area contributed by atoms with Crippen LogP contribution >= 0.6 is 0 Å². The van der Waals surface area contributed by atoms with Crippen molar-refractivity contribution in [1.29, 1.82) is 0 Å². The van der Waals surface area contributed by atoms with E-state index in [9.17, 15) is 14.0 Å². The summed E-state index contributed by atoms with van der Waals surface area (Å²) in [6.07, 6.45) is 0.868. The Morgan fingerprint density at radius 2 is 2.04 bits per heavy atom. The molecule has 0 bridgehead atoms. The minimum Gasteiger partial charge on any atom is -0.352 e. The smallest absolute Gasteiger partial charge is 0.247 e. The first-order valence-corrected chi connectivity index (χ1v) is 8.30. The molecule has 1 atom stereocenters. The van der Waals surface area contributed by atoms with Gasteiger partial charge < -0.3 is 10.2 Å². The second kappa shape index (κ2) is 7.04. The highest BCUT2D eigenvalue weighted by atomic mass is 19.1. The monoisotopic (exact) mass is 344 g/mol. The quantitative estimate of drug-likeness (QED) is 0.888. The van der Waals surface area contributed by atoms with Crippen LogP contribution in [0.4, 0.5) is 4.39 Å². The Morgan fingerprint density at radius 1 is 1.32 bits per heavy atom. The Morgan fingerprint density at radius 3 is 2.68 bits per heavy atom. The molecule has 1 aliphatic heterocycles. The Balaban J connectivity index is 1.76. The topological polar surface area (TPSA) is 78.1 Å². The lowest BCUT2D eigenvalue weighted by Crippen LogP contribution is -2.52. The van der Waals surface area contributed by atoms with Gasteiger partial charge in [-0.05, 0) is 43.5 Å². The highest BCUT2D eigenvalue weighted by Crippen LogP contribution is 2.25. The number of carbonyl (C=O) groups is 2. The molecule has 1 aromatic heterocycles. The van der Waals surface area contributed by atoms with Crippen LogP contribution < -0.4 is 5.32 Å². The third-order valence-electron chi connectivity index (χ3n) is 4.59. The van der Waals surface area contributed by atoms with Crippen molar-refractivity contribution in [1.82, 2.24) is 20.4 Å². The van der Waals surface area contributed by atoms with Gasteiger partial charge in [-0.3, -0.25) is 14.7 Å². The van der Waals surface area contributed by atoms with E-state index in [4.69, 9.17) is 0 Å². The van der Waals surface area contributed by atoms with Gasteiger partial charge in [-0.25, -0.2) is 4.39 Å². The van der Waals surface area contributed by atoms with E-state index in [0.717, 1.165) is 17.0 Å². The SMILES string of the molecule is Cc1n[nH]c(C)c1CCC(=O)N1CCNC(=O)C1c1ccc(F)cc1. The Labute approximate surface area is 145 Å². The van der Waals surface area contributed by atoms with Crippen LogP contribution in [0, 0.1) is 19.7 Å². The lowest BCUT2D eigenvalue weighted by molar-refractivity contribution is -0.143. The number of piperazine rings is 1. The number of hydrogen-bond donors (Lipinski definition) is 2. The minimum atomic E-state index is -0.714. The molecule has 2 amide bonds. The fraction of sp³-hybridized carbons (Fsp3) is 0.389. The molecule has 3 rings (SSSR count). The molecule has 0 radical (unpaired) electrons. The van der Waals surface area contributed by atoms with E-state index in [1.807, 2.05) is 13.8 Å². The standard InChI is InChI=1S/C18H21FN4O2/c1-11-15(12(2)22-21-11)7-8-16(24)23-10-9-20-18(25)17(23)13-3-5-14(19)6-4-13/h3-6,17H,7-10H2,1-2H3,(H,20,25)(H,21,22). The van der Waals surface area contributed by atoms with Crippen molar-refractivity contribution in [2.45, 2.75) is 32.7 Å². The number of nitrogens with zero attached hydrogens (tertiary/aromatic N) is 2. The molecular formula is C18H21FN4O2. The number of halogens is 1. The first-order valence-electron chi connectivity index (χ1n) is 8.30. The van der Waals surface area contributed by atoms with Crippen molar-refractivity contribution in [3.8, 4) is 0 Å². The van der Waals surface area contributed by atoms with Gasteiger partial charge >= 0.3 is 0 Å². The molecule has 0 aliphatic carbocycles. The first-order chi connectivity index (χ1) is 12.0. The average molecular weight is 344 g/mol. The van der Waals surface area contributed by atoms with E-state index in [1.54, 1.807) is 17.0 Å². The molecular weight excluding hydrogens is 323 g/mol. The fourth-order valence-electron chi connectivity index (χ4n) is 3.23. The Hall–Kier alpha value is -2.70. The van der Waals surface area contributed by atoms with Crippen LogP contribution in [-0.2, 0) is 16.0 Å². The number of carbonyl (C=O) groups excluding carboxylic acids is 2. The van der Waals surface area contributed by atoms with E-state index in [0.29, 0.717) is 31.5 Å². The van der Waals surface area contributed by atoms with Gasteiger partial charge in [-0.1, -0.05) is 12.1 Å². The van der Waals surface area contributed by atoms with Gasteiger partial charge in [0, 0.05) is 25.2 Å². The zero-order valence-corrected chi connectivity index (χ0v) is 14.3. The predicted molar refractivity (Wildman–Crippen MR) is 90.2 cm³/mol. The van der Waals surface area contributed by atoms with Crippen molar-refractivity contribution in [3.63, 3.8) is 0 Å². The highest BCUT2D eigenvalue weighted by molar-refractivity contribution is 5.89. The third-order valence-corrected chi connectivity index (χ3v) is 4.59. The molecule has 1 unspecified atom stereocenters. The molecule has 7 heteroatoms. The summed E-state index contributed by atoms with van der Waals surface area (Å²) in [5.74, 6) is -0.699. The summed E-state index contributed by atoms with van der Waals surface area (Å²) in [7, 11) is 0. The number of rotatable bonds is 4. The number of nitrogens with one attached hydrogen (secondary N) is 2. The maximum atomic E-state index is 13.2. The molecule has 2 heterocycles. The second-order valence-electron chi connectivity index (χ2n) is 6.24. The molecule has 1 fully saturated rings. The van der Waals surface area contributed by atoms with Gasteiger partial charge in [0.05, 0.1) is 5.69 Å². The van der Waals surface area contributed by atoms with E-state index in [1.165, 1.54) is 12.1 Å². The number of hydrogen-bond acceptors (Lipinski definition) is 3. The normalized spacial score (nSPS) is 17.5. The van der Waals surface area contributed by atoms with Gasteiger partial charge in [0.1, 0.15) is 11.9 Å². The summed E-state index contributed by atoms with van der Waals surface area (Å²) in [4.78, 5) is 26.7. The third kappa shape index (κ3) is 3.55. The highest BCUT2D eigenvalue weighted by Gasteiger charge is 2.34. The summed E-state index contributed by atoms with van der Waals surface area (Å²) in [6, 6.07) is 5.00. The number of aromatic nitrogens is 2. The van der Waals surface area contributed by atoms with Gasteiger partial charge in [-0.15, -0.1) is 0 Å². The van der Waals surface area contributed by atoms with Crippen molar-refractivity contribution in [2.75, 3.05) is 13.1 Å². The van der Waals surface area contributed by atoms with Crippen LogP contribution in [-0.4, -0.2) is 40.0 Å². The maximum Gasteiger partial charge on any atom is 0.247 e. The molecule has 2 aromatic rings. The van der Waals surface area contributed by atoms with Crippen LogP contribution in [0.5, 0.6) is 0 Å². The molecule has 0 spiro atoms. The number of amides is 2. The van der Waals surface area contributed by atoms with E-state index >= 15 is 0 Å². The fourth-order valence-corrected chi connectivity index (χ4v) is 3.23. The number of H-pyrrole nitrogens is 1. The summed E-state index contributed by atoms with van der Waals surface area (Å²) in [6.45, 7) is 4.69. The lowest BCUT2D eigenvalue weighted by atomic mass is 10.0. The van der Waals surface area contributed by atoms with E-state index in [2.05, 4.69) is 15.5 Å². The van der Waals surface area contributed by atoms with Crippen LogP contribution in [0.25, 0.3) is 0 Å². The molecule has 0 saturated carbocycles. The lowest BCUT2D eigenvalue weighted by Gasteiger charge is -2.35. The maximum absolute atomic E-state index is 13.2. The van der Waals surface area contributed by atoms with Crippen molar-refractivity contribution in [2.24, 2.45) is 0 Å². The van der Waals surface area contributed by atoms with Gasteiger partial charge in [-0.2, -0.15) is 5.10 Å². The zero-order valence-electron chi connectivity index (χ0n) is 14.3. The van der Waals surface area contributed by atoms with Gasteiger partial charge in [0.25, 0.3) is 0 Å². The molecule has 1 aromatic carbocycles. The van der Waals surface area contributed by atoms with Crippen LogP contribution in [0.2, 0.25) is 0 Å². The summed E-state index contributed by atoms with van der Waals surface area (Å²) in [5, 5.41) is 9.83. The summed E-state index contributed by atoms with van der Waals surface area (Å²) in [5.41, 5.74) is 3.49. The number of aromatic amines is 1. The van der Waals surface area contributed by atoms with Crippen molar-refractivity contribution >= 4 is 11.8 Å². The largest absolute Gasteiger partial charge is 0.352 e. The predicted octanol–water partition coefficient (Wildman–Crippen LogP) is 1.80. The van der Waals surface area contributed by atoms with Gasteiger partial charge in [0.15, 0.2) is 0 Å². The van der Waals surface area contributed by atoms with Crippen LogP contribution in [0.15, 0.2) is 24.3 Å². The zero-order chi connectivity index (χ0) is 18.0. The molecule has 1 saturated heterocycles. The van der Waals surface area contributed by atoms with Crippen molar-refractivity contribution in [3.05, 3.63) is 52.6 Å². The van der Waals surface area contributed by atoms with E-state index in [-0.39, 0.29) is 17.6 Å². The number of aryl methyl sites for hydroxylation is 2. The summed E-state index contributed by atoms with van der Waals surface area (Å²) < 4.78 is 13.2. The van der Waals surface area contributed by atoms with E-state index < -0.39 is 6.04 Å². The van der Waals surface area contributed by atoms with Crippen LogP contribution in [0.3, 0.4) is 0 Å². The molecule has 6 nitrogen and oxygen atoms in total. The van der Waals surface area contributed by atoms with Gasteiger partial charge in [0.2, 0.25) is 11.8 Å². The summed E-state index contributed by atoms with van der Waals surface area (Å²) >= 11 is 0. The first kappa shape index (κ1) is 17.1. The average Bonchev–Trinajstić information content (AvgIpc) is 2.92. The molecule has 2 N–H and O–H groups in total. The Kier molecular flexibility index (Phi) is 4.83. The minimum absolute atomic E-state index is 0.0934. The molecule has 1 aliphatic rings. The molecule has 25 heavy (non-hydrogen) atoms. The Bertz CT molecular complexity index is 765. The molecule has 132 valence electrons. The van der Waals surface area contributed by atoms with Crippen LogP contribution in [0.1, 0.15) is 35.0 Å². The van der Waals surface area contributed by atoms with Crippen molar-refractivity contribution < 1.29 is 14.0 Å².